The Balaban J connectivity index is 1.57. The molecule has 0 spiro atoms. The number of rotatable bonds is 4. The van der Waals surface area contributed by atoms with Crippen molar-refractivity contribution >= 4 is 43.6 Å². The average molecular weight is 487 g/mol. The van der Waals surface area contributed by atoms with Crippen LogP contribution in [0.4, 0.5) is 9.52 Å². The number of para-hydroxylation sites is 1. The van der Waals surface area contributed by atoms with Crippen LogP contribution < -0.4 is 15.1 Å². The van der Waals surface area contributed by atoms with E-state index in [4.69, 9.17) is 9.15 Å². The van der Waals surface area contributed by atoms with Crippen molar-refractivity contribution in [3.05, 3.63) is 99.7 Å². The first-order valence-corrected chi connectivity index (χ1v) is 11.9. The van der Waals surface area contributed by atoms with Crippen LogP contribution in [0.5, 0.6) is 5.75 Å². The second-order valence-electron chi connectivity index (χ2n) is 8.59. The van der Waals surface area contributed by atoms with Crippen LogP contribution in [0.15, 0.2) is 75.9 Å². The van der Waals surface area contributed by atoms with Crippen molar-refractivity contribution in [3.63, 3.8) is 0 Å². The third kappa shape index (κ3) is 3.49. The molecule has 6 nitrogen and oxygen atoms in total. The van der Waals surface area contributed by atoms with Gasteiger partial charge in [-0.3, -0.25) is 14.5 Å². The van der Waals surface area contributed by atoms with Crippen molar-refractivity contribution in [2.45, 2.75) is 26.0 Å². The fourth-order valence-corrected chi connectivity index (χ4v) is 5.44. The number of ether oxygens (including phenoxy) is 1. The van der Waals surface area contributed by atoms with E-state index < -0.39 is 11.9 Å². The van der Waals surface area contributed by atoms with Crippen LogP contribution in [-0.2, 0) is 0 Å². The SMILES string of the molecule is CC(C)Oc1ccc([C@H]2c3c(oc4ccccc4c3=O)C(=O)N2c2nc3ccc(F)cc3s2)cc1. The van der Waals surface area contributed by atoms with Gasteiger partial charge in [0.2, 0.25) is 5.76 Å². The summed E-state index contributed by atoms with van der Waals surface area (Å²) in [5.74, 6) is -0.175. The molecule has 0 saturated heterocycles. The molecule has 8 heteroatoms. The van der Waals surface area contributed by atoms with Crippen LogP contribution in [0.2, 0.25) is 0 Å². The van der Waals surface area contributed by atoms with Crippen molar-refractivity contribution in [3.8, 4) is 5.75 Å². The zero-order valence-electron chi connectivity index (χ0n) is 18.8. The molecule has 3 aromatic carbocycles. The summed E-state index contributed by atoms with van der Waals surface area (Å²) in [4.78, 5) is 33.4. The molecule has 35 heavy (non-hydrogen) atoms. The summed E-state index contributed by atoms with van der Waals surface area (Å²) in [6.45, 7) is 3.88. The van der Waals surface area contributed by atoms with Gasteiger partial charge in [0.1, 0.15) is 17.1 Å². The van der Waals surface area contributed by atoms with E-state index in [-0.39, 0.29) is 28.7 Å². The Kier molecular flexibility index (Phi) is 4.93. The third-order valence-electron chi connectivity index (χ3n) is 5.89. The highest BCUT2D eigenvalue weighted by atomic mass is 32.1. The number of carbonyl (C=O) groups is 1. The van der Waals surface area contributed by atoms with Crippen LogP contribution in [0.25, 0.3) is 21.2 Å². The Morgan fingerprint density at radius 2 is 1.83 bits per heavy atom. The molecule has 0 fully saturated rings. The van der Waals surface area contributed by atoms with E-state index in [0.717, 1.165) is 0 Å². The van der Waals surface area contributed by atoms with Crippen LogP contribution in [0, 0.1) is 5.82 Å². The molecule has 1 aliphatic heterocycles. The summed E-state index contributed by atoms with van der Waals surface area (Å²) in [7, 11) is 0. The average Bonchev–Trinajstić information content (AvgIpc) is 3.37. The van der Waals surface area contributed by atoms with Crippen molar-refractivity contribution in [1.29, 1.82) is 0 Å². The molecule has 0 unspecified atom stereocenters. The number of aromatic nitrogens is 1. The molecule has 1 aliphatic rings. The Hall–Kier alpha value is -4.04. The summed E-state index contributed by atoms with van der Waals surface area (Å²) >= 11 is 1.19. The van der Waals surface area contributed by atoms with E-state index in [2.05, 4.69) is 4.98 Å². The molecular formula is C27H19FN2O4S. The van der Waals surface area contributed by atoms with Gasteiger partial charge in [-0.05, 0) is 61.9 Å². The quantitative estimate of drug-likeness (QED) is 0.308. The van der Waals surface area contributed by atoms with E-state index in [1.165, 1.54) is 28.4 Å². The fraction of sp³-hybridized carbons (Fsp3) is 0.148. The lowest BCUT2D eigenvalue weighted by molar-refractivity contribution is 0.0971. The van der Waals surface area contributed by atoms with Gasteiger partial charge in [0, 0.05) is 0 Å². The minimum absolute atomic E-state index is 0.00712. The minimum atomic E-state index is -0.753. The molecule has 0 radical (unpaired) electrons. The summed E-state index contributed by atoms with van der Waals surface area (Å²) in [5, 5.41) is 0.759. The molecule has 0 saturated carbocycles. The Morgan fingerprint density at radius 3 is 2.60 bits per heavy atom. The number of anilines is 1. The largest absolute Gasteiger partial charge is 0.491 e. The molecule has 1 atom stereocenters. The Morgan fingerprint density at radius 1 is 1.06 bits per heavy atom. The first-order chi connectivity index (χ1) is 16.9. The van der Waals surface area contributed by atoms with E-state index in [9.17, 15) is 14.0 Å². The third-order valence-corrected chi connectivity index (χ3v) is 6.91. The second-order valence-corrected chi connectivity index (χ2v) is 9.60. The molecule has 5 aromatic rings. The number of thiazole rings is 1. The molecule has 0 N–H and O–H groups in total. The van der Waals surface area contributed by atoms with Gasteiger partial charge in [0.15, 0.2) is 10.6 Å². The molecule has 6 rings (SSSR count). The topological polar surface area (TPSA) is 72.6 Å². The maximum absolute atomic E-state index is 13.8. The number of halogens is 1. The van der Waals surface area contributed by atoms with E-state index in [1.807, 2.05) is 38.1 Å². The van der Waals surface area contributed by atoms with Crippen molar-refractivity contribution in [2.24, 2.45) is 0 Å². The number of hydrogen-bond donors (Lipinski definition) is 0. The minimum Gasteiger partial charge on any atom is -0.491 e. The fourth-order valence-electron chi connectivity index (χ4n) is 4.42. The lowest BCUT2D eigenvalue weighted by Gasteiger charge is -2.22. The highest BCUT2D eigenvalue weighted by Gasteiger charge is 2.45. The normalized spacial score (nSPS) is 15.4. The summed E-state index contributed by atoms with van der Waals surface area (Å²) in [6.07, 6.45) is 0.00712. The van der Waals surface area contributed by atoms with Crippen LogP contribution in [-0.4, -0.2) is 17.0 Å². The van der Waals surface area contributed by atoms with E-state index in [1.54, 1.807) is 30.3 Å². The van der Waals surface area contributed by atoms with Crippen molar-refractivity contribution in [1.82, 2.24) is 4.98 Å². The predicted molar refractivity (Wildman–Crippen MR) is 133 cm³/mol. The van der Waals surface area contributed by atoms with E-state index >= 15 is 0 Å². The highest BCUT2D eigenvalue weighted by molar-refractivity contribution is 7.22. The molecular weight excluding hydrogens is 467 g/mol. The van der Waals surface area contributed by atoms with Gasteiger partial charge >= 0.3 is 0 Å². The monoisotopic (exact) mass is 486 g/mol. The number of carbonyl (C=O) groups excluding carboxylic acids is 1. The van der Waals surface area contributed by atoms with Gasteiger partial charge in [0.05, 0.1) is 33.3 Å². The number of nitrogens with zero attached hydrogens (tertiary/aromatic N) is 2. The maximum atomic E-state index is 13.8. The van der Waals surface area contributed by atoms with Crippen molar-refractivity contribution in [2.75, 3.05) is 4.90 Å². The van der Waals surface area contributed by atoms with E-state index in [0.29, 0.717) is 37.6 Å². The lowest BCUT2D eigenvalue weighted by Crippen LogP contribution is -2.29. The van der Waals surface area contributed by atoms with Gasteiger partial charge in [-0.25, -0.2) is 9.37 Å². The molecule has 0 bridgehead atoms. The smallest absolute Gasteiger partial charge is 0.297 e. The Labute approximate surface area is 203 Å². The first kappa shape index (κ1) is 21.5. The highest BCUT2D eigenvalue weighted by Crippen LogP contribution is 2.43. The van der Waals surface area contributed by atoms with Crippen molar-refractivity contribution < 1.29 is 18.3 Å². The number of amides is 1. The van der Waals surface area contributed by atoms with Gasteiger partial charge in [-0.2, -0.15) is 0 Å². The molecule has 2 aromatic heterocycles. The van der Waals surface area contributed by atoms with Gasteiger partial charge in [-0.15, -0.1) is 0 Å². The number of benzene rings is 3. The molecule has 174 valence electrons. The van der Waals surface area contributed by atoms with Crippen LogP contribution >= 0.6 is 11.3 Å². The zero-order chi connectivity index (χ0) is 24.3. The lowest BCUT2D eigenvalue weighted by atomic mass is 9.98. The summed E-state index contributed by atoms with van der Waals surface area (Å²) < 4.78 is 26.2. The van der Waals surface area contributed by atoms with Gasteiger partial charge in [0.25, 0.3) is 5.91 Å². The summed E-state index contributed by atoms with van der Waals surface area (Å²) in [6, 6.07) is 17.7. The predicted octanol–water partition coefficient (Wildman–Crippen LogP) is 6.08. The van der Waals surface area contributed by atoms with Crippen LogP contribution in [0.1, 0.15) is 41.6 Å². The second kappa shape index (κ2) is 8.02. The van der Waals surface area contributed by atoms with Gasteiger partial charge < -0.3 is 9.15 Å². The first-order valence-electron chi connectivity index (χ1n) is 11.1. The molecule has 1 amide bonds. The zero-order valence-corrected chi connectivity index (χ0v) is 19.6. The maximum Gasteiger partial charge on any atom is 0.297 e. The van der Waals surface area contributed by atoms with Crippen LogP contribution in [0.3, 0.4) is 0 Å². The summed E-state index contributed by atoms with van der Waals surface area (Å²) in [5.41, 5.74) is 1.62. The Bertz CT molecular complexity index is 1670. The number of hydrogen-bond acceptors (Lipinski definition) is 6. The molecule has 3 heterocycles. The number of fused-ring (bicyclic) bond motifs is 3. The standard InChI is InChI=1S/C27H19FN2O4S/c1-14(2)33-17-10-7-15(8-11-17)23-22-24(31)18-5-3-4-6-20(18)34-25(22)26(32)30(23)27-29-19-12-9-16(28)13-21(19)35-27/h3-14,23H,1-2H3/t23-/m0/s1. The van der Waals surface area contributed by atoms with Gasteiger partial charge in [-0.1, -0.05) is 35.6 Å². The molecule has 0 aliphatic carbocycles.